The van der Waals surface area contributed by atoms with Gasteiger partial charge in [-0.05, 0) is 31.0 Å². The number of anilines is 1. The summed E-state index contributed by atoms with van der Waals surface area (Å²) in [6.07, 6.45) is -3.89. The number of ketones is 1. The highest BCUT2D eigenvalue weighted by Gasteiger charge is 2.40. The smallest absolute Gasteiger partial charge is 0.337 e. The summed E-state index contributed by atoms with van der Waals surface area (Å²) in [4.78, 5) is 24.2. The number of aromatic nitrogens is 1. The largest absolute Gasteiger partial charge is 0.454 e. The van der Waals surface area contributed by atoms with E-state index in [9.17, 15) is 22.8 Å². The minimum atomic E-state index is -4.98. The molecule has 4 nitrogen and oxygen atoms in total. The van der Waals surface area contributed by atoms with Gasteiger partial charge in [0, 0.05) is 22.8 Å². The number of nitrogens with zero attached hydrogens (tertiary/aromatic N) is 1. The third-order valence-corrected chi connectivity index (χ3v) is 4.35. The molecule has 27 heavy (non-hydrogen) atoms. The number of rotatable bonds is 4. The van der Waals surface area contributed by atoms with Crippen molar-refractivity contribution in [2.24, 2.45) is 0 Å². The maximum Gasteiger partial charge on any atom is 0.454 e. The zero-order valence-electron chi connectivity index (χ0n) is 14.7. The molecule has 3 aromatic rings. The molecule has 1 heterocycles. The number of fused-ring (bicyclic) bond motifs is 1. The van der Waals surface area contributed by atoms with Crippen molar-refractivity contribution >= 4 is 28.3 Å². The van der Waals surface area contributed by atoms with Crippen LogP contribution in [0.15, 0.2) is 48.7 Å². The topological polar surface area (TPSA) is 51.1 Å². The van der Waals surface area contributed by atoms with Gasteiger partial charge in [0.2, 0.25) is 5.91 Å². The van der Waals surface area contributed by atoms with Crippen LogP contribution in [-0.2, 0) is 11.3 Å². The SMILES string of the molecule is Cc1cccc(C)c1NC(=O)Cn1cc(C(=O)C(F)(F)F)c2ccccc21. The summed E-state index contributed by atoms with van der Waals surface area (Å²) >= 11 is 0. The lowest BCUT2D eigenvalue weighted by molar-refractivity contribution is -0.116. The van der Waals surface area contributed by atoms with Crippen LogP contribution in [0.3, 0.4) is 0 Å². The molecule has 0 radical (unpaired) electrons. The molecule has 0 saturated heterocycles. The molecule has 0 aliphatic carbocycles. The molecular weight excluding hydrogens is 357 g/mol. The predicted molar refractivity (Wildman–Crippen MR) is 96.9 cm³/mol. The summed E-state index contributed by atoms with van der Waals surface area (Å²) in [7, 11) is 0. The number of aryl methyl sites for hydroxylation is 2. The minimum absolute atomic E-state index is 0.166. The summed E-state index contributed by atoms with van der Waals surface area (Å²) in [5, 5.41) is 2.96. The molecule has 0 aliphatic rings. The van der Waals surface area contributed by atoms with E-state index in [2.05, 4.69) is 5.32 Å². The number of benzene rings is 2. The molecule has 1 aromatic heterocycles. The molecule has 0 spiro atoms. The Kier molecular flexibility index (Phi) is 4.78. The van der Waals surface area contributed by atoms with Crippen molar-refractivity contribution in [3.63, 3.8) is 0 Å². The van der Waals surface area contributed by atoms with Crippen LogP contribution in [0.2, 0.25) is 0 Å². The van der Waals surface area contributed by atoms with Crippen molar-refractivity contribution in [2.75, 3.05) is 5.32 Å². The van der Waals surface area contributed by atoms with Crippen LogP contribution >= 0.6 is 0 Å². The monoisotopic (exact) mass is 374 g/mol. The highest BCUT2D eigenvalue weighted by Crippen LogP contribution is 2.28. The quantitative estimate of drug-likeness (QED) is 0.677. The first-order valence-electron chi connectivity index (χ1n) is 8.24. The molecule has 0 atom stereocenters. The molecule has 0 saturated carbocycles. The fourth-order valence-corrected chi connectivity index (χ4v) is 3.06. The van der Waals surface area contributed by atoms with Crippen LogP contribution in [0.5, 0.6) is 0 Å². The van der Waals surface area contributed by atoms with Crippen molar-refractivity contribution in [1.29, 1.82) is 0 Å². The number of amides is 1. The number of carbonyl (C=O) groups is 2. The van der Waals surface area contributed by atoms with Gasteiger partial charge in [-0.15, -0.1) is 0 Å². The molecule has 140 valence electrons. The first-order chi connectivity index (χ1) is 12.7. The highest BCUT2D eigenvalue weighted by atomic mass is 19.4. The molecule has 2 aromatic carbocycles. The van der Waals surface area contributed by atoms with E-state index in [1.54, 1.807) is 18.2 Å². The van der Waals surface area contributed by atoms with Crippen LogP contribution in [-0.4, -0.2) is 22.4 Å². The summed E-state index contributed by atoms with van der Waals surface area (Å²) in [6.45, 7) is 3.50. The van der Waals surface area contributed by atoms with Crippen molar-refractivity contribution in [1.82, 2.24) is 4.57 Å². The van der Waals surface area contributed by atoms with E-state index >= 15 is 0 Å². The van der Waals surface area contributed by atoms with Gasteiger partial charge in [-0.2, -0.15) is 13.2 Å². The van der Waals surface area contributed by atoms with E-state index in [1.165, 1.54) is 10.6 Å². The second-order valence-corrected chi connectivity index (χ2v) is 6.33. The normalized spacial score (nSPS) is 11.6. The van der Waals surface area contributed by atoms with Gasteiger partial charge in [-0.25, -0.2) is 0 Å². The molecule has 0 bridgehead atoms. The minimum Gasteiger partial charge on any atom is -0.337 e. The Hall–Kier alpha value is -3.09. The summed E-state index contributed by atoms with van der Waals surface area (Å²) in [6, 6.07) is 11.8. The number of halogens is 3. The zero-order chi connectivity index (χ0) is 19.8. The van der Waals surface area contributed by atoms with Crippen LogP contribution in [0.4, 0.5) is 18.9 Å². The van der Waals surface area contributed by atoms with Crippen LogP contribution < -0.4 is 5.32 Å². The van der Waals surface area contributed by atoms with Crippen molar-refractivity contribution in [3.8, 4) is 0 Å². The van der Waals surface area contributed by atoms with Crippen molar-refractivity contribution < 1.29 is 22.8 Å². The van der Waals surface area contributed by atoms with Gasteiger partial charge in [0.25, 0.3) is 5.78 Å². The first-order valence-corrected chi connectivity index (χ1v) is 8.24. The van der Waals surface area contributed by atoms with Crippen molar-refractivity contribution in [2.45, 2.75) is 26.6 Å². The number of nitrogens with one attached hydrogen (secondary N) is 1. The third kappa shape index (κ3) is 3.72. The van der Waals surface area contributed by atoms with Gasteiger partial charge in [-0.3, -0.25) is 9.59 Å². The Morgan fingerprint density at radius 2 is 1.63 bits per heavy atom. The van der Waals surface area contributed by atoms with Gasteiger partial charge < -0.3 is 9.88 Å². The lowest BCUT2D eigenvalue weighted by Gasteiger charge is -2.12. The van der Waals surface area contributed by atoms with E-state index in [0.717, 1.165) is 17.3 Å². The van der Waals surface area contributed by atoms with Gasteiger partial charge in [-0.1, -0.05) is 36.4 Å². The maximum atomic E-state index is 12.9. The number of alkyl halides is 3. The lowest BCUT2D eigenvalue weighted by atomic mass is 10.1. The van der Waals surface area contributed by atoms with E-state index < -0.39 is 17.5 Å². The number of Topliss-reactive ketones (excluding diaryl/α,β-unsaturated/α-hetero) is 1. The molecular formula is C20H17F3N2O2. The Morgan fingerprint density at radius 3 is 2.26 bits per heavy atom. The van der Waals surface area contributed by atoms with Crippen LogP contribution in [0.25, 0.3) is 10.9 Å². The Bertz CT molecular complexity index is 1020. The molecule has 1 amide bonds. The number of para-hydroxylation sites is 2. The maximum absolute atomic E-state index is 12.9. The summed E-state index contributed by atoms with van der Waals surface area (Å²) in [5.41, 5.74) is 2.37. The van der Waals surface area contributed by atoms with Crippen molar-refractivity contribution in [3.05, 3.63) is 65.4 Å². The summed E-state index contributed by atoms with van der Waals surface area (Å²) < 4.78 is 40.0. The number of carbonyl (C=O) groups excluding carboxylic acids is 2. The molecule has 0 fully saturated rings. The Morgan fingerprint density at radius 1 is 1.00 bits per heavy atom. The molecule has 0 aliphatic heterocycles. The van der Waals surface area contributed by atoms with Crippen LogP contribution in [0.1, 0.15) is 21.5 Å². The average molecular weight is 374 g/mol. The van der Waals surface area contributed by atoms with Gasteiger partial charge in [0.1, 0.15) is 6.54 Å². The van der Waals surface area contributed by atoms with E-state index in [-0.39, 0.29) is 17.8 Å². The molecule has 1 N–H and O–H groups in total. The Balaban J connectivity index is 1.93. The van der Waals surface area contributed by atoms with Gasteiger partial charge in [0.15, 0.2) is 0 Å². The molecule has 0 unspecified atom stereocenters. The number of hydrogen-bond donors (Lipinski definition) is 1. The van der Waals surface area contributed by atoms with Gasteiger partial charge >= 0.3 is 6.18 Å². The highest BCUT2D eigenvalue weighted by molar-refractivity contribution is 6.11. The second kappa shape index (κ2) is 6.90. The van der Waals surface area contributed by atoms with E-state index in [0.29, 0.717) is 11.2 Å². The second-order valence-electron chi connectivity index (χ2n) is 6.33. The zero-order valence-corrected chi connectivity index (χ0v) is 14.7. The fraction of sp³-hybridized carbons (Fsp3) is 0.200. The number of hydrogen-bond acceptors (Lipinski definition) is 2. The van der Waals surface area contributed by atoms with E-state index in [1.807, 2.05) is 32.0 Å². The van der Waals surface area contributed by atoms with Gasteiger partial charge in [0.05, 0.1) is 5.56 Å². The third-order valence-electron chi connectivity index (χ3n) is 4.35. The van der Waals surface area contributed by atoms with Crippen LogP contribution in [0, 0.1) is 13.8 Å². The van der Waals surface area contributed by atoms with E-state index in [4.69, 9.17) is 0 Å². The lowest BCUT2D eigenvalue weighted by Crippen LogP contribution is -2.22. The summed E-state index contributed by atoms with van der Waals surface area (Å²) in [5.74, 6) is -2.31. The standard InChI is InChI=1S/C20H17F3N2O2/c1-12-6-5-7-13(2)18(12)24-17(26)11-25-10-15(19(27)20(21,22)23)14-8-3-4-9-16(14)25/h3-10H,11H2,1-2H3,(H,24,26). The molecule has 3 rings (SSSR count). The Labute approximate surface area is 153 Å². The molecule has 7 heteroatoms. The fourth-order valence-electron chi connectivity index (χ4n) is 3.06. The predicted octanol–water partition coefficient (Wildman–Crippen LogP) is 4.64. The average Bonchev–Trinajstić information content (AvgIpc) is 2.95. The first kappa shape index (κ1) is 18.7.